The Morgan fingerprint density at radius 3 is 2.66 bits per heavy atom. The van der Waals surface area contributed by atoms with Crippen molar-refractivity contribution in [2.45, 2.75) is 18.2 Å². The van der Waals surface area contributed by atoms with Crippen molar-refractivity contribution in [3.8, 4) is 11.5 Å². The molecule has 2 aromatic carbocycles. The predicted molar refractivity (Wildman–Crippen MR) is 111 cm³/mol. The van der Waals surface area contributed by atoms with Crippen LogP contribution in [0.2, 0.25) is 0 Å². The molecule has 9 heteroatoms. The molecule has 0 aliphatic heterocycles. The predicted octanol–water partition coefficient (Wildman–Crippen LogP) is 3.80. The quantitative estimate of drug-likeness (QED) is 0.494. The van der Waals surface area contributed by atoms with Gasteiger partial charge in [-0.3, -0.25) is 0 Å². The largest absolute Gasteiger partial charge is 0.462 e. The van der Waals surface area contributed by atoms with E-state index in [0.717, 1.165) is 5.56 Å². The van der Waals surface area contributed by atoms with E-state index in [0.29, 0.717) is 18.0 Å². The number of nitrogens with zero attached hydrogens (tertiary/aromatic N) is 1. The number of esters is 1. The first-order chi connectivity index (χ1) is 13.9. The summed E-state index contributed by atoms with van der Waals surface area (Å²) in [4.78, 5) is 16.2. The second kappa shape index (κ2) is 9.34. The molecular weight excluding hydrogens is 460 g/mol. The van der Waals surface area contributed by atoms with Crippen molar-refractivity contribution in [1.82, 2.24) is 9.71 Å². The minimum absolute atomic E-state index is 0.0377. The summed E-state index contributed by atoms with van der Waals surface area (Å²) in [5.41, 5.74) is 1.77. The molecule has 7 nitrogen and oxygen atoms in total. The van der Waals surface area contributed by atoms with Crippen molar-refractivity contribution >= 4 is 31.9 Å². The number of nitrogens with one attached hydrogen (secondary N) is 1. The molecule has 3 aromatic rings. The Morgan fingerprint density at radius 1 is 1.21 bits per heavy atom. The Bertz CT molecular complexity index is 1100. The van der Waals surface area contributed by atoms with E-state index in [2.05, 4.69) is 25.6 Å². The van der Waals surface area contributed by atoms with Gasteiger partial charge in [0.15, 0.2) is 0 Å². The summed E-state index contributed by atoms with van der Waals surface area (Å²) in [5.74, 6) is -0.0221. The van der Waals surface area contributed by atoms with Crippen LogP contribution in [0.15, 0.2) is 68.6 Å². The molecule has 0 radical (unpaired) electrons. The third-order valence-electron chi connectivity index (χ3n) is 3.98. The summed E-state index contributed by atoms with van der Waals surface area (Å²) in [7, 11) is -3.77. The number of aromatic nitrogens is 1. The molecular formula is C20H19BrN2O5S. The van der Waals surface area contributed by atoms with E-state index in [4.69, 9.17) is 9.15 Å². The van der Waals surface area contributed by atoms with Gasteiger partial charge in [-0.05, 0) is 53.2 Å². The van der Waals surface area contributed by atoms with Gasteiger partial charge in [0.1, 0.15) is 6.26 Å². The normalized spacial score (nSPS) is 11.4. The molecule has 0 saturated carbocycles. The molecule has 0 saturated heterocycles. The van der Waals surface area contributed by atoms with Crippen LogP contribution in [0.25, 0.3) is 11.5 Å². The van der Waals surface area contributed by atoms with Crippen molar-refractivity contribution in [2.75, 3.05) is 13.2 Å². The molecule has 0 amide bonds. The van der Waals surface area contributed by atoms with Crippen LogP contribution in [-0.2, 0) is 21.2 Å². The van der Waals surface area contributed by atoms with E-state index in [9.17, 15) is 13.2 Å². The number of carbonyl (C=O) groups excluding carboxylic acids is 1. The van der Waals surface area contributed by atoms with Gasteiger partial charge in [0.05, 0.1) is 22.8 Å². The van der Waals surface area contributed by atoms with Crippen LogP contribution in [0.5, 0.6) is 0 Å². The van der Waals surface area contributed by atoms with Crippen LogP contribution in [0.3, 0.4) is 0 Å². The summed E-state index contributed by atoms with van der Waals surface area (Å²) in [5, 5.41) is 0. The van der Waals surface area contributed by atoms with Crippen molar-refractivity contribution in [3.63, 3.8) is 0 Å². The topological polar surface area (TPSA) is 98.5 Å². The Morgan fingerprint density at radius 2 is 1.97 bits per heavy atom. The lowest BCUT2D eigenvalue weighted by molar-refractivity contribution is 0.0526. The molecule has 1 N–H and O–H groups in total. The standard InChI is InChI=1S/C20H19BrN2O5S/c1-2-27-20(24)15-8-9-18(17(21)12-15)29(25,26)22-11-10-16-13-28-19(23-16)14-6-4-3-5-7-14/h3-9,12-13,22H,2,10-11H2,1H3. The Balaban J connectivity index is 1.63. The van der Waals surface area contributed by atoms with Crippen LogP contribution in [-0.4, -0.2) is 32.5 Å². The molecule has 152 valence electrons. The molecule has 0 unspecified atom stereocenters. The van der Waals surface area contributed by atoms with E-state index in [1.54, 1.807) is 6.92 Å². The van der Waals surface area contributed by atoms with E-state index < -0.39 is 16.0 Å². The van der Waals surface area contributed by atoms with Crippen LogP contribution in [0.4, 0.5) is 0 Å². The summed E-state index contributed by atoms with van der Waals surface area (Å²) >= 11 is 3.21. The van der Waals surface area contributed by atoms with Crippen LogP contribution < -0.4 is 4.72 Å². The summed E-state index contributed by atoms with van der Waals surface area (Å²) in [6.45, 7) is 2.09. The van der Waals surface area contributed by atoms with E-state index in [1.165, 1.54) is 24.5 Å². The summed E-state index contributed by atoms with van der Waals surface area (Å²) < 4.78 is 38.3. The highest BCUT2D eigenvalue weighted by Gasteiger charge is 2.19. The molecule has 0 fully saturated rings. The Labute approximate surface area is 177 Å². The van der Waals surface area contributed by atoms with E-state index in [-0.39, 0.29) is 28.1 Å². The molecule has 1 heterocycles. The van der Waals surface area contributed by atoms with Crippen molar-refractivity contribution < 1.29 is 22.4 Å². The Kier molecular flexibility index (Phi) is 6.83. The smallest absolute Gasteiger partial charge is 0.338 e. The van der Waals surface area contributed by atoms with Gasteiger partial charge in [-0.25, -0.2) is 22.9 Å². The van der Waals surface area contributed by atoms with E-state index in [1.807, 2.05) is 30.3 Å². The fraction of sp³-hybridized carbons (Fsp3) is 0.200. The lowest BCUT2D eigenvalue weighted by Crippen LogP contribution is -2.26. The average Bonchev–Trinajstić information content (AvgIpc) is 3.17. The highest BCUT2D eigenvalue weighted by Crippen LogP contribution is 2.24. The lowest BCUT2D eigenvalue weighted by Gasteiger charge is -2.09. The third-order valence-corrected chi connectivity index (χ3v) is 6.42. The van der Waals surface area contributed by atoms with Crippen LogP contribution >= 0.6 is 15.9 Å². The first-order valence-electron chi connectivity index (χ1n) is 8.87. The highest BCUT2D eigenvalue weighted by atomic mass is 79.9. The zero-order valence-corrected chi connectivity index (χ0v) is 18.0. The maximum atomic E-state index is 12.6. The number of benzene rings is 2. The summed E-state index contributed by atoms with van der Waals surface area (Å²) in [6.07, 6.45) is 1.88. The van der Waals surface area contributed by atoms with Gasteiger partial charge in [0.2, 0.25) is 15.9 Å². The van der Waals surface area contributed by atoms with Gasteiger partial charge in [-0.1, -0.05) is 18.2 Å². The van der Waals surface area contributed by atoms with Crippen LogP contribution in [0, 0.1) is 0 Å². The second-order valence-electron chi connectivity index (χ2n) is 6.02. The highest BCUT2D eigenvalue weighted by molar-refractivity contribution is 9.10. The minimum Gasteiger partial charge on any atom is -0.462 e. The molecule has 0 aliphatic carbocycles. The zero-order chi connectivity index (χ0) is 20.9. The van der Waals surface area contributed by atoms with Gasteiger partial charge in [-0.2, -0.15) is 0 Å². The fourth-order valence-corrected chi connectivity index (χ4v) is 4.69. The SMILES string of the molecule is CCOC(=O)c1ccc(S(=O)(=O)NCCc2coc(-c3ccccc3)n2)c(Br)c1. The Hall–Kier alpha value is -2.49. The van der Waals surface area contributed by atoms with Gasteiger partial charge in [0, 0.05) is 23.0 Å². The van der Waals surface area contributed by atoms with Crippen LogP contribution in [0.1, 0.15) is 23.0 Å². The number of sulfonamides is 1. The number of rotatable bonds is 8. The maximum absolute atomic E-state index is 12.6. The number of hydrogen-bond donors (Lipinski definition) is 1. The number of hydrogen-bond acceptors (Lipinski definition) is 6. The zero-order valence-electron chi connectivity index (χ0n) is 15.6. The van der Waals surface area contributed by atoms with Gasteiger partial charge >= 0.3 is 5.97 Å². The number of carbonyl (C=O) groups is 1. The average molecular weight is 479 g/mol. The molecule has 29 heavy (non-hydrogen) atoms. The number of oxazole rings is 1. The molecule has 0 spiro atoms. The van der Waals surface area contributed by atoms with E-state index >= 15 is 0 Å². The number of ether oxygens (including phenoxy) is 1. The van der Waals surface area contributed by atoms with Gasteiger partial charge < -0.3 is 9.15 Å². The second-order valence-corrected chi connectivity index (χ2v) is 8.61. The summed E-state index contributed by atoms with van der Waals surface area (Å²) in [6, 6.07) is 13.7. The monoisotopic (exact) mass is 478 g/mol. The van der Waals surface area contributed by atoms with Crippen molar-refractivity contribution in [3.05, 3.63) is 70.5 Å². The maximum Gasteiger partial charge on any atom is 0.338 e. The van der Waals surface area contributed by atoms with Gasteiger partial charge in [-0.15, -0.1) is 0 Å². The van der Waals surface area contributed by atoms with Crippen molar-refractivity contribution in [2.24, 2.45) is 0 Å². The molecule has 0 aliphatic rings. The third kappa shape index (κ3) is 5.31. The van der Waals surface area contributed by atoms with Crippen molar-refractivity contribution in [1.29, 1.82) is 0 Å². The molecule has 1 aromatic heterocycles. The minimum atomic E-state index is -3.77. The molecule has 0 bridgehead atoms. The van der Waals surface area contributed by atoms with Gasteiger partial charge in [0.25, 0.3) is 0 Å². The first-order valence-corrected chi connectivity index (χ1v) is 11.1. The fourth-order valence-electron chi connectivity index (χ4n) is 2.59. The first kappa shape index (κ1) is 21.2. The number of halogens is 1. The molecule has 0 atom stereocenters. The lowest BCUT2D eigenvalue weighted by atomic mass is 10.2. The molecule has 3 rings (SSSR count).